The van der Waals surface area contributed by atoms with Crippen LogP contribution in [0.4, 0.5) is 5.69 Å². The molecule has 0 saturated carbocycles. The molecule has 1 heterocycles. The minimum absolute atomic E-state index is 0.00819. The van der Waals surface area contributed by atoms with E-state index >= 15 is 0 Å². The van der Waals surface area contributed by atoms with E-state index in [0.717, 1.165) is 25.3 Å². The molecule has 0 amide bonds. The topological polar surface area (TPSA) is 26.7 Å². The van der Waals surface area contributed by atoms with E-state index in [1.54, 1.807) is 6.07 Å². The van der Waals surface area contributed by atoms with Crippen LogP contribution in [-0.4, -0.2) is 35.7 Å². The standard InChI is InChI=1S/C25H23Cl3N2O/c26-18-7-5-16(6-8-18)23-15-29(25-20-4-2-1-3-17(20)13-24(25)31)11-12-30(23)22-10-9-19(27)14-21(22)28/h1-10,14,23-25,31H,11-13,15H2/t23-,24-,25-/m0/s1. The Morgan fingerprint density at radius 1 is 0.839 bits per heavy atom. The first-order chi connectivity index (χ1) is 15.0. The minimum atomic E-state index is -0.395. The lowest BCUT2D eigenvalue weighted by Crippen LogP contribution is -2.51. The van der Waals surface area contributed by atoms with E-state index in [1.165, 1.54) is 16.7 Å². The van der Waals surface area contributed by atoms with Crippen molar-refractivity contribution in [1.82, 2.24) is 4.90 Å². The molecule has 1 N–H and O–H groups in total. The van der Waals surface area contributed by atoms with Crippen molar-refractivity contribution >= 4 is 40.5 Å². The number of halogens is 3. The monoisotopic (exact) mass is 472 g/mol. The molecule has 3 nitrogen and oxygen atoms in total. The van der Waals surface area contributed by atoms with Crippen molar-refractivity contribution in [2.24, 2.45) is 0 Å². The maximum absolute atomic E-state index is 10.9. The Balaban J connectivity index is 1.51. The van der Waals surface area contributed by atoms with Gasteiger partial charge in [0.2, 0.25) is 0 Å². The summed E-state index contributed by atoms with van der Waals surface area (Å²) in [6.07, 6.45) is 0.310. The molecule has 5 rings (SSSR count). The van der Waals surface area contributed by atoms with Gasteiger partial charge in [-0.1, -0.05) is 71.2 Å². The fourth-order valence-corrected chi connectivity index (χ4v) is 5.67. The zero-order chi connectivity index (χ0) is 21.5. The lowest BCUT2D eigenvalue weighted by Gasteiger charge is -2.46. The van der Waals surface area contributed by atoms with E-state index in [9.17, 15) is 5.11 Å². The number of nitrogens with zero attached hydrogens (tertiary/aromatic N) is 2. The van der Waals surface area contributed by atoms with Crippen molar-refractivity contribution in [3.8, 4) is 0 Å². The maximum atomic E-state index is 10.9. The van der Waals surface area contributed by atoms with Gasteiger partial charge >= 0.3 is 0 Å². The van der Waals surface area contributed by atoms with Gasteiger partial charge in [0.05, 0.1) is 28.9 Å². The lowest BCUT2D eigenvalue weighted by molar-refractivity contribution is 0.0489. The Morgan fingerprint density at radius 2 is 1.58 bits per heavy atom. The maximum Gasteiger partial charge on any atom is 0.0777 e. The van der Waals surface area contributed by atoms with Crippen LogP contribution >= 0.6 is 34.8 Å². The van der Waals surface area contributed by atoms with Gasteiger partial charge in [0, 0.05) is 36.1 Å². The third kappa shape index (κ3) is 4.06. The third-order valence-corrected chi connectivity index (χ3v) is 7.24. The zero-order valence-electron chi connectivity index (χ0n) is 16.9. The number of anilines is 1. The molecule has 3 aromatic rings. The molecule has 0 unspecified atom stereocenters. The first-order valence-electron chi connectivity index (χ1n) is 10.5. The van der Waals surface area contributed by atoms with Crippen molar-refractivity contribution in [1.29, 1.82) is 0 Å². The summed E-state index contributed by atoms with van der Waals surface area (Å²) >= 11 is 18.9. The Morgan fingerprint density at radius 3 is 2.35 bits per heavy atom. The fraction of sp³-hybridized carbons (Fsp3) is 0.280. The molecule has 160 valence electrons. The van der Waals surface area contributed by atoms with Gasteiger partial charge in [-0.25, -0.2) is 0 Å². The molecule has 1 aliphatic heterocycles. The van der Waals surface area contributed by atoms with Crippen LogP contribution in [0.3, 0.4) is 0 Å². The second kappa shape index (κ2) is 8.65. The van der Waals surface area contributed by atoms with E-state index < -0.39 is 6.10 Å². The summed E-state index contributed by atoms with van der Waals surface area (Å²) < 4.78 is 0. The molecule has 31 heavy (non-hydrogen) atoms. The Bertz CT molecular complexity index is 1090. The number of rotatable bonds is 3. The predicted molar refractivity (Wildman–Crippen MR) is 128 cm³/mol. The van der Waals surface area contributed by atoms with Gasteiger partial charge < -0.3 is 10.0 Å². The zero-order valence-corrected chi connectivity index (χ0v) is 19.2. The predicted octanol–water partition coefficient (Wildman–Crippen LogP) is 6.17. The van der Waals surface area contributed by atoms with E-state index in [-0.39, 0.29) is 12.1 Å². The highest BCUT2D eigenvalue weighted by Gasteiger charge is 2.39. The summed E-state index contributed by atoms with van der Waals surface area (Å²) in [5.74, 6) is 0. The van der Waals surface area contributed by atoms with Gasteiger partial charge in [0.15, 0.2) is 0 Å². The second-order valence-electron chi connectivity index (χ2n) is 8.27. The van der Waals surface area contributed by atoms with Crippen molar-refractivity contribution < 1.29 is 5.11 Å². The highest BCUT2D eigenvalue weighted by atomic mass is 35.5. The average Bonchev–Trinajstić information content (AvgIpc) is 3.10. The fourth-order valence-electron chi connectivity index (χ4n) is 5.02. The second-order valence-corrected chi connectivity index (χ2v) is 9.55. The summed E-state index contributed by atoms with van der Waals surface area (Å²) in [5, 5.41) is 12.9. The number of piperazine rings is 1. The molecule has 0 bridgehead atoms. The molecule has 1 fully saturated rings. The van der Waals surface area contributed by atoms with Gasteiger partial charge in [-0.2, -0.15) is 0 Å². The molecule has 0 aromatic heterocycles. The smallest absolute Gasteiger partial charge is 0.0777 e. The minimum Gasteiger partial charge on any atom is -0.391 e. The van der Waals surface area contributed by atoms with Crippen molar-refractivity contribution in [3.63, 3.8) is 0 Å². The average molecular weight is 474 g/mol. The molecule has 2 aliphatic rings. The number of aliphatic hydroxyl groups is 1. The Hall–Kier alpha value is -1.75. The van der Waals surface area contributed by atoms with Crippen LogP contribution in [0.1, 0.15) is 28.8 Å². The third-order valence-electron chi connectivity index (χ3n) is 6.45. The van der Waals surface area contributed by atoms with Gasteiger partial charge in [0.1, 0.15) is 0 Å². The summed E-state index contributed by atoms with van der Waals surface area (Å²) in [5.41, 5.74) is 4.62. The molecular weight excluding hydrogens is 451 g/mol. The number of hydrogen-bond donors (Lipinski definition) is 1. The van der Waals surface area contributed by atoms with Crippen LogP contribution in [0.5, 0.6) is 0 Å². The van der Waals surface area contributed by atoms with E-state index in [4.69, 9.17) is 34.8 Å². The molecule has 0 spiro atoms. The highest BCUT2D eigenvalue weighted by molar-refractivity contribution is 6.36. The summed E-state index contributed by atoms with van der Waals surface area (Å²) in [7, 11) is 0. The first kappa shape index (κ1) is 21.1. The number of fused-ring (bicyclic) bond motifs is 1. The number of aliphatic hydroxyl groups excluding tert-OH is 1. The Labute approximate surface area is 197 Å². The van der Waals surface area contributed by atoms with Crippen molar-refractivity contribution in [2.75, 3.05) is 24.5 Å². The number of benzene rings is 3. The van der Waals surface area contributed by atoms with Crippen molar-refractivity contribution in [2.45, 2.75) is 24.6 Å². The number of hydrogen-bond acceptors (Lipinski definition) is 3. The van der Waals surface area contributed by atoms with Crippen LogP contribution < -0.4 is 4.90 Å². The highest BCUT2D eigenvalue weighted by Crippen LogP contribution is 2.42. The van der Waals surface area contributed by atoms with Gasteiger partial charge in [0.25, 0.3) is 0 Å². The molecule has 0 radical (unpaired) electrons. The SMILES string of the molecule is O[C@H]1Cc2ccccc2[C@@H]1N1CCN(c2ccc(Cl)cc2Cl)[C@H](c2ccc(Cl)cc2)C1. The quantitative estimate of drug-likeness (QED) is 0.493. The summed E-state index contributed by atoms with van der Waals surface area (Å²) in [6, 6.07) is 22.1. The van der Waals surface area contributed by atoms with Crippen LogP contribution in [0.2, 0.25) is 15.1 Å². The van der Waals surface area contributed by atoms with Crippen LogP contribution in [-0.2, 0) is 6.42 Å². The largest absolute Gasteiger partial charge is 0.391 e. The van der Waals surface area contributed by atoms with Gasteiger partial charge in [-0.15, -0.1) is 0 Å². The first-order valence-corrected chi connectivity index (χ1v) is 11.6. The van der Waals surface area contributed by atoms with E-state index in [0.29, 0.717) is 21.5 Å². The lowest BCUT2D eigenvalue weighted by atomic mass is 9.98. The normalized spacial score (nSPS) is 23.7. The Kier molecular flexibility index (Phi) is 5.89. The molecule has 1 aliphatic carbocycles. The molecular formula is C25H23Cl3N2O. The van der Waals surface area contributed by atoms with E-state index in [1.807, 2.05) is 30.3 Å². The van der Waals surface area contributed by atoms with Crippen LogP contribution in [0.25, 0.3) is 0 Å². The summed E-state index contributed by atoms with van der Waals surface area (Å²) in [4.78, 5) is 4.75. The molecule has 3 aromatic carbocycles. The van der Waals surface area contributed by atoms with Crippen molar-refractivity contribution in [3.05, 3.63) is 98.5 Å². The van der Waals surface area contributed by atoms with Crippen LogP contribution in [0, 0.1) is 0 Å². The molecule has 6 heteroatoms. The van der Waals surface area contributed by atoms with E-state index in [2.05, 4.69) is 40.1 Å². The van der Waals surface area contributed by atoms with Crippen LogP contribution in [0.15, 0.2) is 66.7 Å². The molecule has 3 atom stereocenters. The summed E-state index contributed by atoms with van der Waals surface area (Å²) in [6.45, 7) is 2.40. The van der Waals surface area contributed by atoms with Gasteiger partial charge in [-0.05, 0) is 47.0 Å². The molecule has 1 saturated heterocycles. The van der Waals surface area contributed by atoms with Gasteiger partial charge in [-0.3, -0.25) is 4.90 Å².